The molecule has 0 aliphatic rings. The molecule has 18 heavy (non-hydrogen) atoms. The van der Waals surface area contributed by atoms with Crippen LogP contribution in [0.1, 0.15) is 69.4 Å². The third-order valence-electron chi connectivity index (χ3n) is 3.48. The molecule has 0 saturated heterocycles. The van der Waals surface area contributed by atoms with Crippen molar-refractivity contribution < 1.29 is 0 Å². The highest BCUT2D eigenvalue weighted by molar-refractivity contribution is 5.30. The zero-order chi connectivity index (χ0) is 13.2. The minimum Gasteiger partial charge on any atom is -0.119 e. The third kappa shape index (κ3) is 4.96. The lowest BCUT2D eigenvalue weighted by atomic mass is 9.94. The number of benzene rings is 1. The van der Waals surface area contributed by atoms with E-state index in [1.54, 1.807) is 0 Å². The van der Waals surface area contributed by atoms with Crippen molar-refractivity contribution in [2.24, 2.45) is 0 Å². The number of terminal acetylenes is 1. The predicted octanol–water partition coefficient (Wildman–Crippen LogP) is 5.33. The van der Waals surface area contributed by atoms with Gasteiger partial charge in [-0.25, -0.2) is 0 Å². The van der Waals surface area contributed by atoms with Gasteiger partial charge < -0.3 is 0 Å². The van der Waals surface area contributed by atoms with Crippen LogP contribution < -0.4 is 0 Å². The molecular weight excluding hydrogens is 216 g/mol. The first-order valence-electron chi connectivity index (χ1n) is 7.36. The number of hydrogen-bond donors (Lipinski definition) is 0. The fourth-order valence-electron chi connectivity index (χ4n) is 2.31. The highest BCUT2D eigenvalue weighted by Gasteiger charge is 2.06. The fraction of sp³-hybridized carbons (Fsp3) is 0.556. The summed E-state index contributed by atoms with van der Waals surface area (Å²) in [5, 5.41) is 0. The van der Waals surface area contributed by atoms with Crippen molar-refractivity contribution in [1.29, 1.82) is 0 Å². The van der Waals surface area contributed by atoms with E-state index in [1.165, 1.54) is 43.2 Å². The van der Waals surface area contributed by atoms with E-state index in [9.17, 15) is 0 Å². The van der Waals surface area contributed by atoms with E-state index < -0.39 is 0 Å². The van der Waals surface area contributed by atoms with Gasteiger partial charge in [0.25, 0.3) is 0 Å². The second kappa shape index (κ2) is 8.81. The lowest BCUT2D eigenvalue weighted by molar-refractivity contribution is 0.666. The average Bonchev–Trinajstić information content (AvgIpc) is 2.42. The van der Waals surface area contributed by atoms with E-state index in [0.717, 1.165) is 12.8 Å². The molecule has 0 amide bonds. The molecule has 0 saturated carbocycles. The van der Waals surface area contributed by atoms with Crippen LogP contribution in [-0.2, 0) is 6.42 Å². The Bertz CT molecular complexity index is 353. The molecule has 0 fully saturated rings. The molecule has 0 heteroatoms. The van der Waals surface area contributed by atoms with Crippen LogP contribution in [0.15, 0.2) is 24.3 Å². The molecule has 0 radical (unpaired) electrons. The Morgan fingerprint density at radius 1 is 1.00 bits per heavy atom. The molecule has 0 bridgehead atoms. The molecule has 1 aromatic carbocycles. The quantitative estimate of drug-likeness (QED) is 0.427. The summed E-state index contributed by atoms with van der Waals surface area (Å²) in [6, 6.07) is 8.94. The highest BCUT2D eigenvalue weighted by atomic mass is 14.1. The Hall–Kier alpha value is -1.22. The zero-order valence-corrected chi connectivity index (χ0v) is 11.9. The van der Waals surface area contributed by atoms with E-state index in [1.807, 2.05) is 0 Å². The Morgan fingerprint density at radius 2 is 1.72 bits per heavy atom. The maximum atomic E-state index is 5.59. The molecule has 0 nitrogen and oxygen atoms in total. The Kier molecular flexibility index (Phi) is 7.26. The molecule has 1 rings (SSSR count). The lowest BCUT2D eigenvalue weighted by Crippen LogP contribution is -1.95. The average molecular weight is 242 g/mol. The van der Waals surface area contributed by atoms with E-state index in [0.29, 0.717) is 5.92 Å². The zero-order valence-electron chi connectivity index (χ0n) is 11.9. The SMILES string of the molecule is C#CC(CCC)c1ccc(CCCCCC)cc1. The molecule has 1 atom stereocenters. The molecule has 0 aliphatic heterocycles. The van der Waals surface area contributed by atoms with Gasteiger partial charge in [0.1, 0.15) is 0 Å². The maximum Gasteiger partial charge on any atom is 0.0449 e. The van der Waals surface area contributed by atoms with Crippen molar-refractivity contribution in [3.05, 3.63) is 35.4 Å². The summed E-state index contributed by atoms with van der Waals surface area (Å²) < 4.78 is 0. The summed E-state index contributed by atoms with van der Waals surface area (Å²) in [6.07, 6.45) is 14.3. The molecule has 0 spiro atoms. The van der Waals surface area contributed by atoms with Crippen LogP contribution in [-0.4, -0.2) is 0 Å². The van der Waals surface area contributed by atoms with E-state index in [-0.39, 0.29) is 0 Å². The molecule has 0 N–H and O–H groups in total. The van der Waals surface area contributed by atoms with Crippen molar-refractivity contribution >= 4 is 0 Å². The molecular formula is C18H26. The number of rotatable bonds is 8. The number of hydrogen-bond acceptors (Lipinski definition) is 0. The van der Waals surface area contributed by atoms with Gasteiger partial charge >= 0.3 is 0 Å². The largest absolute Gasteiger partial charge is 0.119 e. The van der Waals surface area contributed by atoms with Gasteiger partial charge in [-0.2, -0.15) is 0 Å². The van der Waals surface area contributed by atoms with E-state index >= 15 is 0 Å². The summed E-state index contributed by atoms with van der Waals surface area (Å²) in [7, 11) is 0. The Morgan fingerprint density at radius 3 is 2.28 bits per heavy atom. The van der Waals surface area contributed by atoms with Crippen molar-refractivity contribution in [2.75, 3.05) is 0 Å². The van der Waals surface area contributed by atoms with Crippen LogP contribution in [0.25, 0.3) is 0 Å². The smallest absolute Gasteiger partial charge is 0.0449 e. The first kappa shape index (κ1) is 14.8. The van der Waals surface area contributed by atoms with Crippen LogP contribution in [0.3, 0.4) is 0 Å². The first-order chi connectivity index (χ1) is 8.81. The summed E-state index contributed by atoms with van der Waals surface area (Å²) in [5.41, 5.74) is 2.75. The van der Waals surface area contributed by atoms with E-state index in [2.05, 4.69) is 44.0 Å². The molecule has 0 heterocycles. The van der Waals surface area contributed by atoms with Crippen molar-refractivity contribution in [2.45, 2.75) is 64.7 Å². The summed E-state index contributed by atoms with van der Waals surface area (Å²) in [6.45, 7) is 4.44. The van der Waals surface area contributed by atoms with Gasteiger partial charge in [-0.1, -0.05) is 69.7 Å². The second-order valence-electron chi connectivity index (χ2n) is 5.06. The van der Waals surface area contributed by atoms with Gasteiger partial charge in [0.2, 0.25) is 0 Å². The van der Waals surface area contributed by atoms with E-state index in [4.69, 9.17) is 6.42 Å². The van der Waals surface area contributed by atoms with Gasteiger partial charge in [0, 0.05) is 5.92 Å². The molecule has 0 aliphatic carbocycles. The molecule has 0 aromatic heterocycles. The Balaban J connectivity index is 2.49. The van der Waals surface area contributed by atoms with Crippen LogP contribution >= 0.6 is 0 Å². The minimum atomic E-state index is 0.296. The summed E-state index contributed by atoms with van der Waals surface area (Å²) in [4.78, 5) is 0. The minimum absolute atomic E-state index is 0.296. The van der Waals surface area contributed by atoms with Crippen LogP contribution in [0.4, 0.5) is 0 Å². The monoisotopic (exact) mass is 242 g/mol. The van der Waals surface area contributed by atoms with Gasteiger partial charge in [0.05, 0.1) is 0 Å². The number of unbranched alkanes of at least 4 members (excludes halogenated alkanes) is 3. The summed E-state index contributed by atoms with van der Waals surface area (Å²) >= 11 is 0. The van der Waals surface area contributed by atoms with Gasteiger partial charge in [-0.15, -0.1) is 6.42 Å². The van der Waals surface area contributed by atoms with Crippen LogP contribution in [0, 0.1) is 12.3 Å². The number of aryl methyl sites for hydroxylation is 1. The maximum absolute atomic E-state index is 5.59. The highest BCUT2D eigenvalue weighted by Crippen LogP contribution is 2.21. The van der Waals surface area contributed by atoms with Crippen molar-refractivity contribution in [1.82, 2.24) is 0 Å². The van der Waals surface area contributed by atoms with Gasteiger partial charge in [-0.3, -0.25) is 0 Å². The van der Waals surface area contributed by atoms with Crippen LogP contribution in [0.5, 0.6) is 0 Å². The Labute approximate surface area is 113 Å². The predicted molar refractivity (Wildman–Crippen MR) is 80.8 cm³/mol. The molecule has 1 aromatic rings. The second-order valence-corrected chi connectivity index (χ2v) is 5.06. The van der Waals surface area contributed by atoms with Crippen LogP contribution in [0.2, 0.25) is 0 Å². The molecule has 98 valence electrons. The molecule has 1 unspecified atom stereocenters. The van der Waals surface area contributed by atoms with Crippen molar-refractivity contribution in [3.8, 4) is 12.3 Å². The lowest BCUT2D eigenvalue weighted by Gasteiger charge is -2.10. The van der Waals surface area contributed by atoms with Gasteiger partial charge in [0.15, 0.2) is 0 Å². The normalized spacial score (nSPS) is 12.1. The van der Waals surface area contributed by atoms with Crippen molar-refractivity contribution in [3.63, 3.8) is 0 Å². The first-order valence-corrected chi connectivity index (χ1v) is 7.36. The third-order valence-corrected chi connectivity index (χ3v) is 3.48. The topological polar surface area (TPSA) is 0 Å². The van der Waals surface area contributed by atoms with Gasteiger partial charge in [-0.05, 0) is 30.4 Å². The standard InChI is InChI=1S/C18H26/c1-4-7-8-9-11-16-12-14-18(15-13-16)17(6-3)10-5-2/h3,12-15,17H,4-5,7-11H2,1-2H3. The summed E-state index contributed by atoms with van der Waals surface area (Å²) in [5.74, 6) is 3.19. The fourth-order valence-corrected chi connectivity index (χ4v) is 2.31.